The van der Waals surface area contributed by atoms with Gasteiger partial charge in [0.05, 0.1) is 6.54 Å². The van der Waals surface area contributed by atoms with Crippen LogP contribution in [0.15, 0.2) is 24.3 Å². The molecule has 0 fully saturated rings. The highest BCUT2D eigenvalue weighted by atomic mass is 32.1. The lowest BCUT2D eigenvalue weighted by Gasteiger charge is -2.27. The predicted molar refractivity (Wildman–Crippen MR) is 78.7 cm³/mol. The van der Waals surface area contributed by atoms with Gasteiger partial charge in [-0.25, -0.2) is 0 Å². The van der Waals surface area contributed by atoms with Crippen LogP contribution in [0, 0.1) is 6.92 Å². The number of nitrogens with zero attached hydrogens (tertiary/aromatic N) is 3. The number of carbonyl (C=O) groups is 1. The monoisotopic (exact) mass is 288 g/mol. The summed E-state index contributed by atoms with van der Waals surface area (Å²) in [7, 11) is 0. The topological polar surface area (TPSA) is 58.1 Å². The van der Waals surface area contributed by atoms with E-state index in [1.165, 1.54) is 22.5 Å². The molecular formula is C14H16N4OS. The normalized spacial score (nSPS) is 14.8. The van der Waals surface area contributed by atoms with Crippen molar-refractivity contribution in [2.24, 2.45) is 0 Å². The lowest BCUT2D eigenvalue weighted by molar-refractivity contribution is -0.117. The summed E-state index contributed by atoms with van der Waals surface area (Å²) in [5.74, 6) is -0.0273. The van der Waals surface area contributed by atoms with E-state index in [2.05, 4.69) is 38.6 Å². The predicted octanol–water partition coefficient (Wildman–Crippen LogP) is 1.84. The minimum atomic E-state index is -0.0273. The Labute approximate surface area is 121 Å². The fourth-order valence-corrected chi connectivity index (χ4v) is 3.01. The molecule has 0 atom stereocenters. The van der Waals surface area contributed by atoms with E-state index in [1.54, 1.807) is 0 Å². The Morgan fingerprint density at radius 3 is 2.90 bits per heavy atom. The number of anilines is 1. The third-order valence-electron chi connectivity index (χ3n) is 3.35. The van der Waals surface area contributed by atoms with Crippen LogP contribution in [-0.2, 0) is 17.8 Å². The lowest BCUT2D eigenvalue weighted by Crippen LogP contribution is -2.37. The molecule has 0 spiro atoms. The molecule has 0 bridgehead atoms. The standard InChI is InChI=1S/C14H16N4OS/c1-10-16-17-14(20-10)15-13(19)9-18-7-6-11-4-2-3-5-12(11)8-18/h2-5H,6-9H2,1H3,(H,15,17,19). The van der Waals surface area contributed by atoms with Crippen molar-refractivity contribution in [2.75, 3.05) is 18.4 Å². The molecule has 1 aliphatic rings. The SMILES string of the molecule is Cc1nnc(NC(=O)CN2CCc3ccccc3C2)s1. The number of benzene rings is 1. The van der Waals surface area contributed by atoms with Crippen molar-refractivity contribution in [3.8, 4) is 0 Å². The summed E-state index contributed by atoms with van der Waals surface area (Å²) in [5, 5.41) is 12.0. The zero-order valence-electron chi connectivity index (χ0n) is 11.3. The van der Waals surface area contributed by atoms with E-state index in [4.69, 9.17) is 0 Å². The molecule has 104 valence electrons. The van der Waals surface area contributed by atoms with E-state index in [0.29, 0.717) is 11.7 Å². The van der Waals surface area contributed by atoms with Crippen molar-refractivity contribution >= 4 is 22.4 Å². The second-order valence-electron chi connectivity index (χ2n) is 4.90. The summed E-state index contributed by atoms with van der Waals surface area (Å²) in [6.45, 7) is 4.01. The molecule has 1 aliphatic heterocycles. The van der Waals surface area contributed by atoms with Gasteiger partial charge in [0.15, 0.2) is 0 Å². The zero-order chi connectivity index (χ0) is 13.9. The molecule has 3 rings (SSSR count). The molecular weight excluding hydrogens is 272 g/mol. The smallest absolute Gasteiger partial charge is 0.240 e. The Hall–Kier alpha value is -1.79. The maximum absolute atomic E-state index is 12.0. The van der Waals surface area contributed by atoms with Gasteiger partial charge in [-0.2, -0.15) is 0 Å². The molecule has 0 saturated carbocycles. The summed E-state index contributed by atoms with van der Waals surface area (Å²) < 4.78 is 0. The zero-order valence-corrected chi connectivity index (χ0v) is 12.1. The maximum atomic E-state index is 12.0. The van der Waals surface area contributed by atoms with Crippen molar-refractivity contribution in [1.82, 2.24) is 15.1 Å². The number of amides is 1. The highest BCUT2D eigenvalue weighted by Crippen LogP contribution is 2.18. The molecule has 2 aromatic rings. The van der Waals surface area contributed by atoms with Gasteiger partial charge in [-0.3, -0.25) is 15.0 Å². The molecule has 20 heavy (non-hydrogen) atoms. The van der Waals surface area contributed by atoms with E-state index < -0.39 is 0 Å². The minimum absolute atomic E-state index is 0.0273. The van der Waals surface area contributed by atoms with Gasteiger partial charge in [-0.1, -0.05) is 35.6 Å². The van der Waals surface area contributed by atoms with Crippen molar-refractivity contribution in [3.63, 3.8) is 0 Å². The van der Waals surface area contributed by atoms with Crippen molar-refractivity contribution in [3.05, 3.63) is 40.4 Å². The summed E-state index contributed by atoms with van der Waals surface area (Å²) in [4.78, 5) is 14.1. The van der Waals surface area contributed by atoms with Gasteiger partial charge in [0, 0.05) is 13.1 Å². The fourth-order valence-electron chi connectivity index (χ4n) is 2.40. The molecule has 0 saturated heterocycles. The van der Waals surface area contributed by atoms with Crippen LogP contribution >= 0.6 is 11.3 Å². The van der Waals surface area contributed by atoms with E-state index in [9.17, 15) is 4.79 Å². The number of hydrogen-bond acceptors (Lipinski definition) is 5. The molecule has 1 aromatic carbocycles. The average Bonchev–Trinajstić information content (AvgIpc) is 2.83. The molecule has 5 nitrogen and oxygen atoms in total. The summed E-state index contributed by atoms with van der Waals surface area (Å²) in [6, 6.07) is 8.41. The van der Waals surface area contributed by atoms with Crippen LogP contribution in [0.2, 0.25) is 0 Å². The number of rotatable bonds is 3. The number of fused-ring (bicyclic) bond motifs is 1. The highest BCUT2D eigenvalue weighted by molar-refractivity contribution is 7.15. The van der Waals surface area contributed by atoms with Crippen LogP contribution in [0.1, 0.15) is 16.1 Å². The molecule has 1 aromatic heterocycles. The van der Waals surface area contributed by atoms with E-state index in [0.717, 1.165) is 24.5 Å². The Bertz CT molecular complexity index is 625. The Kier molecular flexibility index (Phi) is 3.75. The van der Waals surface area contributed by atoms with Gasteiger partial charge in [0.25, 0.3) is 0 Å². The number of aromatic nitrogens is 2. The van der Waals surface area contributed by atoms with Crippen LogP contribution in [0.5, 0.6) is 0 Å². The van der Waals surface area contributed by atoms with E-state index in [1.807, 2.05) is 13.0 Å². The minimum Gasteiger partial charge on any atom is -0.299 e. The van der Waals surface area contributed by atoms with Gasteiger partial charge in [0.2, 0.25) is 11.0 Å². The van der Waals surface area contributed by atoms with Crippen LogP contribution < -0.4 is 5.32 Å². The molecule has 1 amide bonds. The van der Waals surface area contributed by atoms with Crippen LogP contribution in [0.4, 0.5) is 5.13 Å². The number of aryl methyl sites for hydroxylation is 1. The second kappa shape index (κ2) is 5.68. The number of nitrogens with one attached hydrogen (secondary N) is 1. The Morgan fingerprint density at radius 2 is 2.15 bits per heavy atom. The van der Waals surface area contributed by atoms with Gasteiger partial charge < -0.3 is 0 Å². The summed E-state index contributed by atoms with van der Waals surface area (Å²) in [5.41, 5.74) is 2.71. The van der Waals surface area contributed by atoms with Gasteiger partial charge in [0.1, 0.15) is 5.01 Å². The van der Waals surface area contributed by atoms with Gasteiger partial charge >= 0.3 is 0 Å². The van der Waals surface area contributed by atoms with Crippen molar-refractivity contribution in [2.45, 2.75) is 19.9 Å². The van der Waals surface area contributed by atoms with Gasteiger partial charge in [-0.05, 0) is 24.5 Å². The Morgan fingerprint density at radius 1 is 1.35 bits per heavy atom. The summed E-state index contributed by atoms with van der Waals surface area (Å²) >= 11 is 1.39. The highest BCUT2D eigenvalue weighted by Gasteiger charge is 2.18. The molecule has 0 unspecified atom stereocenters. The molecule has 6 heteroatoms. The average molecular weight is 288 g/mol. The largest absolute Gasteiger partial charge is 0.299 e. The number of carbonyl (C=O) groups excluding carboxylic acids is 1. The lowest BCUT2D eigenvalue weighted by atomic mass is 10.00. The van der Waals surface area contributed by atoms with Gasteiger partial charge in [-0.15, -0.1) is 10.2 Å². The first-order chi connectivity index (χ1) is 9.70. The van der Waals surface area contributed by atoms with Crippen molar-refractivity contribution < 1.29 is 4.79 Å². The number of hydrogen-bond donors (Lipinski definition) is 1. The molecule has 2 heterocycles. The molecule has 0 radical (unpaired) electrons. The molecule has 0 aliphatic carbocycles. The van der Waals surface area contributed by atoms with E-state index >= 15 is 0 Å². The quantitative estimate of drug-likeness (QED) is 0.936. The first-order valence-electron chi connectivity index (χ1n) is 6.60. The van der Waals surface area contributed by atoms with E-state index in [-0.39, 0.29) is 5.91 Å². The Balaban J connectivity index is 1.58. The van der Waals surface area contributed by atoms with Crippen LogP contribution in [-0.4, -0.2) is 34.1 Å². The third-order valence-corrected chi connectivity index (χ3v) is 4.10. The van der Waals surface area contributed by atoms with Crippen molar-refractivity contribution in [1.29, 1.82) is 0 Å². The molecule has 1 N–H and O–H groups in total. The fraction of sp³-hybridized carbons (Fsp3) is 0.357. The van der Waals surface area contributed by atoms with Crippen LogP contribution in [0.3, 0.4) is 0 Å². The third kappa shape index (κ3) is 3.02. The second-order valence-corrected chi connectivity index (χ2v) is 6.09. The first-order valence-corrected chi connectivity index (χ1v) is 7.41. The van der Waals surface area contributed by atoms with Crippen LogP contribution in [0.25, 0.3) is 0 Å². The maximum Gasteiger partial charge on any atom is 0.240 e. The first kappa shape index (κ1) is 13.2. The summed E-state index contributed by atoms with van der Waals surface area (Å²) in [6.07, 6.45) is 1.00.